The average Bonchev–Trinajstić information content (AvgIpc) is 2.26. The molecule has 0 fully saturated rings. The van der Waals surface area contributed by atoms with Gasteiger partial charge in [-0.1, -0.05) is 13.8 Å². The van der Waals surface area contributed by atoms with Crippen LogP contribution in [-0.4, -0.2) is 16.0 Å². The maximum Gasteiger partial charge on any atom is 0.147 e. The molecule has 0 unspecified atom stereocenters. The van der Waals surface area contributed by atoms with Crippen LogP contribution in [0.25, 0.3) is 0 Å². The first-order chi connectivity index (χ1) is 6.81. The van der Waals surface area contributed by atoms with E-state index in [1.54, 1.807) is 0 Å². The van der Waals surface area contributed by atoms with E-state index in [0.717, 1.165) is 12.8 Å². The normalized spacial score (nSPS) is 9.86. The van der Waals surface area contributed by atoms with Crippen LogP contribution in [0.2, 0.25) is 0 Å². The fraction of sp³-hybridized carbons (Fsp3) is 0.500. The van der Waals surface area contributed by atoms with Gasteiger partial charge in [0.1, 0.15) is 23.8 Å². The highest BCUT2D eigenvalue weighted by molar-refractivity contribution is 5.50. The minimum absolute atomic E-state index is 0.372. The van der Waals surface area contributed by atoms with Crippen molar-refractivity contribution in [3.05, 3.63) is 18.1 Å². The Kier molecular flexibility index (Phi) is 3.86. The quantitative estimate of drug-likeness (QED) is 0.788. The van der Waals surface area contributed by atoms with Gasteiger partial charge in [0.05, 0.1) is 6.20 Å². The van der Waals surface area contributed by atoms with Crippen molar-refractivity contribution in [1.82, 2.24) is 9.97 Å². The molecule has 0 aliphatic heterocycles. The van der Waals surface area contributed by atoms with Gasteiger partial charge in [-0.15, -0.1) is 0 Å². The molecule has 0 aliphatic rings. The van der Waals surface area contributed by atoms with Gasteiger partial charge in [0.25, 0.3) is 0 Å². The zero-order valence-corrected chi connectivity index (χ0v) is 8.49. The summed E-state index contributed by atoms with van der Waals surface area (Å²) in [5.74, 6) is 0.635. The Labute approximate surface area is 84.0 Å². The maximum atomic E-state index is 8.81. The molecule has 4 nitrogen and oxygen atoms in total. The summed E-state index contributed by atoms with van der Waals surface area (Å²) in [5.41, 5.74) is 0.499. The molecule has 14 heavy (non-hydrogen) atoms. The molecule has 0 spiro atoms. The monoisotopic (exact) mass is 190 g/mol. The van der Waals surface area contributed by atoms with Crippen molar-refractivity contribution in [1.29, 1.82) is 5.26 Å². The molecule has 1 rings (SSSR count). The van der Waals surface area contributed by atoms with E-state index in [2.05, 4.69) is 35.2 Å². The van der Waals surface area contributed by atoms with Crippen LogP contribution in [0, 0.1) is 11.3 Å². The van der Waals surface area contributed by atoms with Crippen LogP contribution in [-0.2, 0) is 0 Å². The van der Waals surface area contributed by atoms with E-state index in [1.165, 1.54) is 12.5 Å². The van der Waals surface area contributed by atoms with Crippen LogP contribution in [0.1, 0.15) is 32.3 Å². The van der Waals surface area contributed by atoms with E-state index >= 15 is 0 Å². The summed E-state index contributed by atoms with van der Waals surface area (Å²) >= 11 is 0. The molecule has 0 radical (unpaired) electrons. The molecule has 1 heterocycles. The number of nitrogens with one attached hydrogen (secondary N) is 1. The number of rotatable bonds is 4. The summed E-state index contributed by atoms with van der Waals surface area (Å²) in [6.07, 6.45) is 5.01. The molecule has 0 atom stereocenters. The minimum atomic E-state index is 0.372. The Hall–Kier alpha value is -1.63. The van der Waals surface area contributed by atoms with E-state index < -0.39 is 0 Å². The van der Waals surface area contributed by atoms with Crippen molar-refractivity contribution in [3.63, 3.8) is 0 Å². The van der Waals surface area contributed by atoms with Gasteiger partial charge in [-0.25, -0.2) is 9.97 Å². The highest BCUT2D eigenvalue weighted by Gasteiger charge is 2.07. The van der Waals surface area contributed by atoms with Gasteiger partial charge < -0.3 is 5.32 Å². The molecule has 1 aromatic rings. The van der Waals surface area contributed by atoms with Crippen LogP contribution in [0.15, 0.2) is 12.5 Å². The highest BCUT2D eigenvalue weighted by Crippen LogP contribution is 2.12. The standard InChI is InChI=1S/C10H14N4/c1-3-9(4-2)14-10-8(5-11)6-12-7-13-10/h6-7,9H,3-4H2,1-2H3,(H,12,13,14). The predicted octanol–water partition coefficient (Wildman–Crippen LogP) is 1.95. The lowest BCUT2D eigenvalue weighted by molar-refractivity contribution is 0.668. The van der Waals surface area contributed by atoms with Crippen LogP contribution in [0.4, 0.5) is 5.82 Å². The van der Waals surface area contributed by atoms with E-state index in [9.17, 15) is 0 Å². The van der Waals surface area contributed by atoms with Crippen molar-refractivity contribution in [2.24, 2.45) is 0 Å². The van der Waals surface area contributed by atoms with Crippen molar-refractivity contribution in [2.75, 3.05) is 5.32 Å². The molecular formula is C10H14N4. The lowest BCUT2D eigenvalue weighted by Crippen LogP contribution is -2.18. The van der Waals surface area contributed by atoms with Crippen molar-refractivity contribution in [2.45, 2.75) is 32.7 Å². The zero-order valence-electron chi connectivity index (χ0n) is 8.49. The van der Waals surface area contributed by atoms with E-state index in [0.29, 0.717) is 17.4 Å². The average molecular weight is 190 g/mol. The van der Waals surface area contributed by atoms with E-state index in [4.69, 9.17) is 5.26 Å². The van der Waals surface area contributed by atoms with Gasteiger partial charge in [0.15, 0.2) is 0 Å². The maximum absolute atomic E-state index is 8.81. The van der Waals surface area contributed by atoms with Gasteiger partial charge >= 0.3 is 0 Å². The molecular weight excluding hydrogens is 176 g/mol. The molecule has 4 heteroatoms. The topological polar surface area (TPSA) is 61.6 Å². The molecule has 74 valence electrons. The Balaban J connectivity index is 2.80. The first-order valence-corrected chi connectivity index (χ1v) is 4.78. The third-order valence-corrected chi connectivity index (χ3v) is 2.16. The molecule has 0 aromatic carbocycles. The molecule has 0 saturated carbocycles. The number of hydrogen-bond acceptors (Lipinski definition) is 4. The van der Waals surface area contributed by atoms with Crippen molar-refractivity contribution < 1.29 is 0 Å². The minimum Gasteiger partial charge on any atom is -0.366 e. The third kappa shape index (κ3) is 2.43. The summed E-state index contributed by atoms with van der Waals surface area (Å²) in [4.78, 5) is 7.84. The van der Waals surface area contributed by atoms with Gasteiger partial charge in [0, 0.05) is 6.04 Å². The molecule has 1 aromatic heterocycles. The molecule has 0 bridgehead atoms. The lowest BCUT2D eigenvalue weighted by atomic mass is 10.1. The molecule has 0 amide bonds. The van der Waals surface area contributed by atoms with Crippen molar-refractivity contribution >= 4 is 5.82 Å². The first-order valence-electron chi connectivity index (χ1n) is 4.78. The summed E-state index contributed by atoms with van der Waals surface area (Å²) in [6, 6.07) is 2.43. The third-order valence-electron chi connectivity index (χ3n) is 2.16. The van der Waals surface area contributed by atoms with Crippen LogP contribution < -0.4 is 5.32 Å². The van der Waals surface area contributed by atoms with Crippen LogP contribution in [0.5, 0.6) is 0 Å². The largest absolute Gasteiger partial charge is 0.366 e. The Morgan fingerprint density at radius 1 is 1.50 bits per heavy atom. The summed E-state index contributed by atoms with van der Waals surface area (Å²) in [6.45, 7) is 4.21. The van der Waals surface area contributed by atoms with Gasteiger partial charge in [-0.05, 0) is 12.8 Å². The second-order valence-electron chi connectivity index (χ2n) is 3.05. The number of hydrogen-bond donors (Lipinski definition) is 1. The van der Waals surface area contributed by atoms with Gasteiger partial charge in [-0.2, -0.15) is 5.26 Å². The summed E-state index contributed by atoms with van der Waals surface area (Å²) in [7, 11) is 0. The van der Waals surface area contributed by atoms with Crippen LogP contribution >= 0.6 is 0 Å². The second kappa shape index (κ2) is 5.18. The Morgan fingerprint density at radius 3 is 2.79 bits per heavy atom. The lowest BCUT2D eigenvalue weighted by Gasteiger charge is -2.15. The predicted molar refractivity (Wildman–Crippen MR) is 54.7 cm³/mol. The fourth-order valence-electron chi connectivity index (χ4n) is 1.21. The Morgan fingerprint density at radius 2 is 2.21 bits per heavy atom. The summed E-state index contributed by atoms with van der Waals surface area (Å²) in [5, 5.41) is 12.0. The number of nitriles is 1. The smallest absolute Gasteiger partial charge is 0.147 e. The zero-order chi connectivity index (χ0) is 10.4. The first kappa shape index (κ1) is 10.5. The highest BCUT2D eigenvalue weighted by atomic mass is 15.0. The second-order valence-corrected chi connectivity index (χ2v) is 3.05. The SMILES string of the molecule is CCC(CC)Nc1ncncc1C#N. The molecule has 0 aliphatic carbocycles. The van der Waals surface area contributed by atoms with Gasteiger partial charge in [0.2, 0.25) is 0 Å². The van der Waals surface area contributed by atoms with Crippen molar-refractivity contribution in [3.8, 4) is 6.07 Å². The number of anilines is 1. The molecule has 0 saturated heterocycles. The molecule has 1 N–H and O–H groups in total. The summed E-state index contributed by atoms with van der Waals surface area (Å²) < 4.78 is 0. The van der Waals surface area contributed by atoms with Crippen LogP contribution in [0.3, 0.4) is 0 Å². The Bertz CT molecular complexity index is 325. The number of nitrogens with zero attached hydrogens (tertiary/aromatic N) is 3. The van der Waals surface area contributed by atoms with Gasteiger partial charge in [-0.3, -0.25) is 0 Å². The number of aromatic nitrogens is 2. The fourth-order valence-corrected chi connectivity index (χ4v) is 1.21. The van der Waals surface area contributed by atoms with E-state index in [1.807, 2.05) is 0 Å². The van der Waals surface area contributed by atoms with E-state index in [-0.39, 0.29) is 0 Å².